The predicted octanol–water partition coefficient (Wildman–Crippen LogP) is 2.72. The van der Waals surface area contributed by atoms with Gasteiger partial charge in [-0.1, -0.05) is 18.2 Å². The lowest BCUT2D eigenvalue weighted by molar-refractivity contribution is 0.0733. The molecular formula is C18H20N4O. The summed E-state index contributed by atoms with van der Waals surface area (Å²) >= 11 is 0. The highest BCUT2D eigenvalue weighted by atomic mass is 16.2. The van der Waals surface area contributed by atoms with Crippen LogP contribution in [-0.4, -0.2) is 32.1 Å². The third kappa shape index (κ3) is 2.07. The smallest absolute Gasteiger partial charge is 0.257 e. The normalized spacial score (nSPS) is 14.3. The molecule has 1 aliphatic rings. The van der Waals surface area contributed by atoms with E-state index in [0.29, 0.717) is 6.54 Å². The number of amides is 1. The molecule has 5 heteroatoms. The summed E-state index contributed by atoms with van der Waals surface area (Å²) < 4.78 is 1.78. The molecule has 0 saturated carbocycles. The van der Waals surface area contributed by atoms with Gasteiger partial charge in [-0.3, -0.25) is 9.48 Å². The van der Waals surface area contributed by atoms with Crippen molar-refractivity contribution in [1.29, 1.82) is 0 Å². The zero-order chi connectivity index (χ0) is 16.1. The maximum absolute atomic E-state index is 13.0. The van der Waals surface area contributed by atoms with Gasteiger partial charge in [0, 0.05) is 54.4 Å². The highest BCUT2D eigenvalue weighted by Gasteiger charge is 2.27. The van der Waals surface area contributed by atoms with Crippen molar-refractivity contribution >= 4 is 16.8 Å². The molecule has 4 rings (SSSR count). The van der Waals surface area contributed by atoms with Gasteiger partial charge >= 0.3 is 0 Å². The molecule has 0 bridgehead atoms. The molecule has 1 amide bonds. The number of carbonyl (C=O) groups is 1. The SMILES string of the molecule is Cc1nn(C)c(C)c1C(=O)N1CCc2[nH]c3ccccc3c2C1. The van der Waals surface area contributed by atoms with Crippen molar-refractivity contribution < 1.29 is 4.79 Å². The van der Waals surface area contributed by atoms with E-state index in [4.69, 9.17) is 0 Å². The summed E-state index contributed by atoms with van der Waals surface area (Å²) in [7, 11) is 1.88. The number of carbonyl (C=O) groups excluding carboxylic acids is 1. The minimum Gasteiger partial charge on any atom is -0.358 e. The van der Waals surface area contributed by atoms with Gasteiger partial charge in [-0.2, -0.15) is 5.10 Å². The second-order valence-electron chi connectivity index (χ2n) is 6.27. The maximum Gasteiger partial charge on any atom is 0.257 e. The first kappa shape index (κ1) is 14.1. The fourth-order valence-corrected chi connectivity index (χ4v) is 3.58. The van der Waals surface area contributed by atoms with Crippen LogP contribution >= 0.6 is 0 Å². The molecule has 3 heterocycles. The Balaban J connectivity index is 1.71. The lowest BCUT2D eigenvalue weighted by atomic mass is 10.0. The first-order valence-electron chi connectivity index (χ1n) is 7.94. The van der Waals surface area contributed by atoms with Crippen molar-refractivity contribution in [3.05, 3.63) is 52.5 Å². The minimum atomic E-state index is 0.0871. The third-order valence-electron chi connectivity index (χ3n) is 4.89. The topological polar surface area (TPSA) is 53.9 Å². The van der Waals surface area contributed by atoms with Crippen LogP contribution in [0.1, 0.15) is 33.0 Å². The molecule has 0 aliphatic carbocycles. The Kier molecular flexibility index (Phi) is 3.04. The molecular weight excluding hydrogens is 288 g/mol. The van der Waals surface area contributed by atoms with Crippen molar-refractivity contribution in [2.75, 3.05) is 6.54 Å². The van der Waals surface area contributed by atoms with Gasteiger partial charge in [-0.05, 0) is 19.9 Å². The molecule has 118 valence electrons. The molecule has 0 unspecified atom stereocenters. The number of fused-ring (bicyclic) bond motifs is 3. The van der Waals surface area contributed by atoms with E-state index in [1.807, 2.05) is 37.9 Å². The van der Waals surface area contributed by atoms with Crippen LogP contribution in [0.15, 0.2) is 24.3 Å². The van der Waals surface area contributed by atoms with Gasteiger partial charge in [0.05, 0.1) is 11.3 Å². The average Bonchev–Trinajstić information content (AvgIpc) is 3.03. The lowest BCUT2D eigenvalue weighted by Crippen LogP contribution is -2.36. The number of aryl methyl sites for hydroxylation is 2. The summed E-state index contributed by atoms with van der Waals surface area (Å²) in [5.74, 6) is 0.0871. The highest BCUT2D eigenvalue weighted by molar-refractivity contribution is 5.97. The fraction of sp³-hybridized carbons (Fsp3) is 0.333. The van der Waals surface area contributed by atoms with E-state index >= 15 is 0 Å². The van der Waals surface area contributed by atoms with Crippen LogP contribution < -0.4 is 0 Å². The Morgan fingerprint density at radius 3 is 2.78 bits per heavy atom. The molecule has 0 spiro atoms. The summed E-state index contributed by atoms with van der Waals surface area (Å²) in [6.45, 7) is 5.26. The number of aromatic nitrogens is 3. The third-order valence-corrected chi connectivity index (χ3v) is 4.89. The quantitative estimate of drug-likeness (QED) is 0.751. The van der Waals surface area contributed by atoms with Crippen LogP contribution in [0.3, 0.4) is 0 Å². The molecule has 0 atom stereocenters. The van der Waals surface area contributed by atoms with Gasteiger partial charge in [0.15, 0.2) is 0 Å². The van der Waals surface area contributed by atoms with Gasteiger partial charge in [-0.25, -0.2) is 0 Å². The zero-order valence-corrected chi connectivity index (χ0v) is 13.7. The van der Waals surface area contributed by atoms with E-state index in [0.717, 1.165) is 35.4 Å². The Bertz CT molecular complexity index is 919. The summed E-state index contributed by atoms with van der Waals surface area (Å²) in [4.78, 5) is 18.4. The van der Waals surface area contributed by atoms with Crippen LogP contribution in [0.4, 0.5) is 0 Å². The number of aromatic amines is 1. The molecule has 2 aromatic heterocycles. The summed E-state index contributed by atoms with van der Waals surface area (Å²) in [5, 5.41) is 5.60. The number of H-pyrrole nitrogens is 1. The molecule has 1 aromatic carbocycles. The number of benzene rings is 1. The predicted molar refractivity (Wildman–Crippen MR) is 89.4 cm³/mol. The second kappa shape index (κ2) is 4.98. The van der Waals surface area contributed by atoms with E-state index < -0.39 is 0 Å². The number of rotatable bonds is 1. The zero-order valence-electron chi connectivity index (χ0n) is 13.7. The van der Waals surface area contributed by atoms with Gasteiger partial charge in [0.25, 0.3) is 5.91 Å². The number of hydrogen-bond donors (Lipinski definition) is 1. The molecule has 0 saturated heterocycles. The monoisotopic (exact) mass is 308 g/mol. The van der Waals surface area contributed by atoms with E-state index in [1.165, 1.54) is 16.6 Å². The maximum atomic E-state index is 13.0. The van der Waals surface area contributed by atoms with Crippen molar-refractivity contribution in [3.8, 4) is 0 Å². The van der Waals surface area contributed by atoms with Gasteiger partial charge in [-0.15, -0.1) is 0 Å². The minimum absolute atomic E-state index is 0.0871. The van der Waals surface area contributed by atoms with Gasteiger partial charge in [0.1, 0.15) is 0 Å². The molecule has 0 radical (unpaired) electrons. The van der Waals surface area contributed by atoms with Gasteiger partial charge in [0.2, 0.25) is 0 Å². The molecule has 23 heavy (non-hydrogen) atoms. The van der Waals surface area contributed by atoms with E-state index in [2.05, 4.69) is 22.2 Å². The van der Waals surface area contributed by atoms with Crippen LogP contribution in [-0.2, 0) is 20.0 Å². The van der Waals surface area contributed by atoms with Crippen molar-refractivity contribution in [2.45, 2.75) is 26.8 Å². The first-order chi connectivity index (χ1) is 11.1. The Labute approximate surface area is 134 Å². The average molecular weight is 308 g/mol. The summed E-state index contributed by atoms with van der Waals surface area (Å²) in [6.07, 6.45) is 0.869. The largest absolute Gasteiger partial charge is 0.358 e. The molecule has 1 N–H and O–H groups in total. The summed E-state index contributed by atoms with van der Waals surface area (Å²) in [6, 6.07) is 8.30. The van der Waals surface area contributed by atoms with Crippen LogP contribution in [0.5, 0.6) is 0 Å². The van der Waals surface area contributed by atoms with Crippen LogP contribution in [0.25, 0.3) is 10.9 Å². The van der Waals surface area contributed by atoms with E-state index in [9.17, 15) is 4.79 Å². The first-order valence-corrected chi connectivity index (χ1v) is 7.94. The number of nitrogens with one attached hydrogen (secondary N) is 1. The number of nitrogens with zero attached hydrogens (tertiary/aromatic N) is 3. The van der Waals surface area contributed by atoms with Crippen molar-refractivity contribution in [2.24, 2.45) is 7.05 Å². The standard InChI is InChI=1S/C18H20N4O/c1-11-17(12(2)21(3)20-11)18(23)22-9-8-16-14(10-22)13-6-4-5-7-15(13)19-16/h4-7,19H,8-10H2,1-3H3. The summed E-state index contributed by atoms with van der Waals surface area (Å²) in [5.41, 5.74) is 6.14. The lowest BCUT2D eigenvalue weighted by Gasteiger charge is -2.27. The van der Waals surface area contributed by atoms with Crippen LogP contribution in [0.2, 0.25) is 0 Å². The fourth-order valence-electron chi connectivity index (χ4n) is 3.58. The number of para-hydroxylation sites is 1. The van der Waals surface area contributed by atoms with E-state index in [-0.39, 0.29) is 5.91 Å². The molecule has 5 nitrogen and oxygen atoms in total. The van der Waals surface area contributed by atoms with Crippen LogP contribution in [0, 0.1) is 13.8 Å². The Morgan fingerprint density at radius 2 is 2.04 bits per heavy atom. The van der Waals surface area contributed by atoms with Gasteiger partial charge < -0.3 is 9.88 Å². The second-order valence-corrected chi connectivity index (χ2v) is 6.27. The highest BCUT2D eigenvalue weighted by Crippen LogP contribution is 2.28. The van der Waals surface area contributed by atoms with Crippen molar-refractivity contribution in [1.82, 2.24) is 19.7 Å². The molecule has 3 aromatic rings. The van der Waals surface area contributed by atoms with Crippen molar-refractivity contribution in [3.63, 3.8) is 0 Å². The van der Waals surface area contributed by atoms with E-state index in [1.54, 1.807) is 4.68 Å². The Morgan fingerprint density at radius 1 is 1.26 bits per heavy atom. The Hall–Kier alpha value is -2.56. The number of hydrogen-bond acceptors (Lipinski definition) is 2. The molecule has 0 fully saturated rings. The molecule has 1 aliphatic heterocycles.